The van der Waals surface area contributed by atoms with Gasteiger partial charge in [-0.05, 0) is 37.6 Å². The summed E-state index contributed by atoms with van der Waals surface area (Å²) in [5, 5.41) is 9.23. The van der Waals surface area contributed by atoms with Crippen molar-refractivity contribution in [3.63, 3.8) is 0 Å². The topological polar surface area (TPSA) is 78.9 Å². The van der Waals surface area contributed by atoms with Crippen molar-refractivity contribution in [2.45, 2.75) is 27.2 Å². The van der Waals surface area contributed by atoms with Crippen molar-refractivity contribution in [3.05, 3.63) is 36.2 Å². The van der Waals surface area contributed by atoms with Gasteiger partial charge in [-0.1, -0.05) is 6.92 Å². The summed E-state index contributed by atoms with van der Waals surface area (Å²) in [5.41, 5.74) is 1.66. The average molecular weight is 299 g/mol. The van der Waals surface area contributed by atoms with E-state index in [9.17, 15) is 4.79 Å². The fourth-order valence-corrected chi connectivity index (χ4v) is 1.96. The number of nitrogens with zero attached hydrogens (tertiary/aromatic N) is 2. The highest BCUT2D eigenvalue weighted by atomic mass is 16.1. The molecule has 0 atom stereocenters. The summed E-state index contributed by atoms with van der Waals surface area (Å²) >= 11 is 0. The summed E-state index contributed by atoms with van der Waals surface area (Å²) in [5.74, 6) is 2.17. The summed E-state index contributed by atoms with van der Waals surface area (Å²) in [6, 6.07) is 9.34. The third kappa shape index (κ3) is 4.73. The molecule has 0 spiro atoms. The molecule has 2 aromatic rings. The lowest BCUT2D eigenvalue weighted by Gasteiger charge is -2.10. The summed E-state index contributed by atoms with van der Waals surface area (Å²) in [4.78, 5) is 19.7. The predicted molar refractivity (Wildman–Crippen MR) is 89.6 cm³/mol. The molecule has 1 aromatic heterocycles. The third-order valence-corrected chi connectivity index (χ3v) is 2.87. The maximum absolute atomic E-state index is 11.0. The van der Waals surface area contributed by atoms with Gasteiger partial charge in [-0.3, -0.25) is 4.79 Å². The molecule has 0 aliphatic carbocycles. The number of hydrogen-bond donors (Lipinski definition) is 3. The third-order valence-electron chi connectivity index (χ3n) is 2.87. The van der Waals surface area contributed by atoms with Gasteiger partial charge in [-0.25, -0.2) is 9.97 Å². The molecule has 1 heterocycles. The monoisotopic (exact) mass is 299 g/mol. The number of anilines is 4. The summed E-state index contributed by atoms with van der Waals surface area (Å²) in [6.07, 6.45) is 1.04. The Balaban J connectivity index is 2.09. The van der Waals surface area contributed by atoms with E-state index in [-0.39, 0.29) is 5.91 Å². The number of aryl methyl sites for hydroxylation is 1. The molecule has 0 unspecified atom stereocenters. The number of carbonyl (C=O) groups is 1. The van der Waals surface area contributed by atoms with Crippen LogP contribution in [0.2, 0.25) is 0 Å². The molecule has 0 saturated heterocycles. The van der Waals surface area contributed by atoms with E-state index in [1.54, 1.807) is 0 Å². The molecule has 3 N–H and O–H groups in total. The molecule has 6 nitrogen and oxygen atoms in total. The van der Waals surface area contributed by atoms with Crippen LogP contribution in [0.4, 0.5) is 23.0 Å². The van der Waals surface area contributed by atoms with Gasteiger partial charge in [0.25, 0.3) is 0 Å². The normalized spacial score (nSPS) is 10.1. The van der Waals surface area contributed by atoms with E-state index in [2.05, 4.69) is 32.8 Å². The second-order valence-corrected chi connectivity index (χ2v) is 5.00. The minimum Gasteiger partial charge on any atom is -0.370 e. The van der Waals surface area contributed by atoms with E-state index in [4.69, 9.17) is 0 Å². The smallest absolute Gasteiger partial charge is 0.221 e. The summed E-state index contributed by atoms with van der Waals surface area (Å²) in [7, 11) is 0. The number of hydrogen-bond acceptors (Lipinski definition) is 5. The van der Waals surface area contributed by atoms with Crippen LogP contribution in [-0.4, -0.2) is 22.4 Å². The van der Waals surface area contributed by atoms with Crippen molar-refractivity contribution in [2.75, 3.05) is 22.5 Å². The van der Waals surface area contributed by atoms with Gasteiger partial charge in [0.1, 0.15) is 17.5 Å². The number of rotatable bonds is 6. The largest absolute Gasteiger partial charge is 0.370 e. The Bertz CT molecular complexity index is 639. The zero-order chi connectivity index (χ0) is 15.9. The van der Waals surface area contributed by atoms with Crippen LogP contribution in [0, 0.1) is 6.92 Å². The first-order valence-electron chi connectivity index (χ1n) is 7.31. The Morgan fingerprint density at radius 1 is 1.09 bits per heavy atom. The lowest BCUT2D eigenvalue weighted by atomic mass is 10.2. The van der Waals surface area contributed by atoms with E-state index in [1.807, 2.05) is 37.3 Å². The van der Waals surface area contributed by atoms with Crippen molar-refractivity contribution in [1.29, 1.82) is 0 Å². The van der Waals surface area contributed by atoms with E-state index in [0.717, 1.165) is 36.0 Å². The molecule has 1 aromatic carbocycles. The quantitative estimate of drug-likeness (QED) is 0.762. The number of aromatic nitrogens is 2. The first-order valence-corrected chi connectivity index (χ1v) is 7.31. The van der Waals surface area contributed by atoms with Crippen molar-refractivity contribution in [1.82, 2.24) is 9.97 Å². The Hall–Kier alpha value is -2.63. The Kier molecular flexibility index (Phi) is 5.30. The van der Waals surface area contributed by atoms with Gasteiger partial charge >= 0.3 is 0 Å². The molecular weight excluding hydrogens is 278 g/mol. The van der Waals surface area contributed by atoms with Gasteiger partial charge < -0.3 is 16.0 Å². The lowest BCUT2D eigenvalue weighted by molar-refractivity contribution is -0.114. The maximum atomic E-state index is 11.0. The average Bonchev–Trinajstić information content (AvgIpc) is 2.46. The lowest BCUT2D eigenvalue weighted by Crippen LogP contribution is -2.06. The van der Waals surface area contributed by atoms with Crippen LogP contribution in [-0.2, 0) is 4.79 Å². The second kappa shape index (κ2) is 7.40. The van der Waals surface area contributed by atoms with Crippen molar-refractivity contribution in [2.24, 2.45) is 0 Å². The highest BCUT2D eigenvalue weighted by molar-refractivity contribution is 5.88. The molecule has 0 aliphatic rings. The molecule has 0 fully saturated rings. The number of nitrogens with one attached hydrogen (secondary N) is 3. The standard InChI is InChI=1S/C16H21N5O/c1-4-9-17-15-10-16(19-11(2)18-15)21-14-7-5-13(6-8-14)20-12(3)22/h5-8,10H,4,9H2,1-3H3,(H,20,22)(H2,17,18,19,21). The fourth-order valence-electron chi connectivity index (χ4n) is 1.96. The van der Waals surface area contributed by atoms with Gasteiger partial charge in [-0.2, -0.15) is 0 Å². The Labute approximate surface area is 130 Å². The molecule has 0 radical (unpaired) electrons. The highest BCUT2D eigenvalue weighted by Crippen LogP contribution is 2.19. The van der Waals surface area contributed by atoms with Crippen LogP contribution in [0.3, 0.4) is 0 Å². The highest BCUT2D eigenvalue weighted by Gasteiger charge is 2.03. The molecule has 0 bridgehead atoms. The summed E-state index contributed by atoms with van der Waals surface area (Å²) in [6.45, 7) is 6.33. The van der Waals surface area contributed by atoms with Crippen LogP contribution >= 0.6 is 0 Å². The van der Waals surface area contributed by atoms with E-state index < -0.39 is 0 Å². The van der Waals surface area contributed by atoms with E-state index in [1.165, 1.54) is 6.92 Å². The minimum absolute atomic E-state index is 0.0845. The van der Waals surface area contributed by atoms with Gasteiger partial charge in [0.05, 0.1) is 0 Å². The number of amides is 1. The second-order valence-electron chi connectivity index (χ2n) is 5.00. The van der Waals surface area contributed by atoms with Crippen LogP contribution in [0.25, 0.3) is 0 Å². The zero-order valence-electron chi connectivity index (χ0n) is 13.1. The Morgan fingerprint density at radius 2 is 1.73 bits per heavy atom. The van der Waals surface area contributed by atoms with Crippen LogP contribution in [0.5, 0.6) is 0 Å². The van der Waals surface area contributed by atoms with E-state index >= 15 is 0 Å². The number of benzene rings is 1. The summed E-state index contributed by atoms with van der Waals surface area (Å²) < 4.78 is 0. The van der Waals surface area contributed by atoms with E-state index in [0.29, 0.717) is 5.82 Å². The molecule has 6 heteroatoms. The Morgan fingerprint density at radius 3 is 2.36 bits per heavy atom. The molecule has 116 valence electrons. The first-order chi connectivity index (χ1) is 10.6. The molecule has 22 heavy (non-hydrogen) atoms. The van der Waals surface area contributed by atoms with Crippen molar-refractivity contribution < 1.29 is 4.79 Å². The molecular formula is C16H21N5O. The van der Waals surface area contributed by atoms with Crippen LogP contribution in [0.1, 0.15) is 26.1 Å². The first kappa shape index (κ1) is 15.8. The van der Waals surface area contributed by atoms with Gasteiger partial charge in [-0.15, -0.1) is 0 Å². The molecule has 1 amide bonds. The minimum atomic E-state index is -0.0845. The van der Waals surface area contributed by atoms with Gasteiger partial charge in [0.2, 0.25) is 5.91 Å². The SMILES string of the molecule is CCCNc1cc(Nc2ccc(NC(C)=O)cc2)nc(C)n1. The maximum Gasteiger partial charge on any atom is 0.221 e. The van der Waals surface area contributed by atoms with Crippen molar-refractivity contribution >= 4 is 28.9 Å². The van der Waals surface area contributed by atoms with Gasteiger partial charge in [0, 0.05) is 30.9 Å². The number of carbonyl (C=O) groups excluding carboxylic acids is 1. The van der Waals surface area contributed by atoms with Crippen LogP contribution in [0.15, 0.2) is 30.3 Å². The fraction of sp³-hybridized carbons (Fsp3) is 0.312. The van der Waals surface area contributed by atoms with Gasteiger partial charge in [0.15, 0.2) is 0 Å². The molecule has 0 aliphatic heterocycles. The van der Waals surface area contributed by atoms with Crippen molar-refractivity contribution in [3.8, 4) is 0 Å². The predicted octanol–water partition coefficient (Wildman–Crippen LogP) is 3.31. The zero-order valence-corrected chi connectivity index (χ0v) is 13.1. The molecule has 0 saturated carbocycles. The molecule has 2 rings (SSSR count). The van der Waals surface area contributed by atoms with Crippen LogP contribution < -0.4 is 16.0 Å².